The number of carbonyl (C=O) groups excluding carboxylic acids is 1. The van der Waals surface area contributed by atoms with Gasteiger partial charge in [0.1, 0.15) is 11.6 Å². The topological polar surface area (TPSA) is 84.9 Å². The van der Waals surface area contributed by atoms with Crippen molar-refractivity contribution < 1.29 is 27.1 Å². The van der Waals surface area contributed by atoms with Gasteiger partial charge in [0.05, 0.1) is 24.2 Å². The van der Waals surface area contributed by atoms with Crippen LogP contribution in [0, 0.1) is 5.82 Å². The van der Waals surface area contributed by atoms with Gasteiger partial charge >= 0.3 is 0 Å². The fourth-order valence-corrected chi connectivity index (χ4v) is 4.32. The highest BCUT2D eigenvalue weighted by atomic mass is 32.2. The van der Waals surface area contributed by atoms with Gasteiger partial charge in [0.15, 0.2) is 6.61 Å². The molecule has 0 aliphatic carbocycles. The summed E-state index contributed by atoms with van der Waals surface area (Å²) in [5.41, 5.74) is 0.775. The molecule has 2 aromatic carbocycles. The zero-order valence-corrected chi connectivity index (χ0v) is 16.8. The fourth-order valence-electron chi connectivity index (χ4n) is 2.91. The number of nitrogens with zero attached hydrogens (tertiary/aromatic N) is 1. The van der Waals surface area contributed by atoms with E-state index in [1.807, 2.05) is 0 Å². The molecule has 1 unspecified atom stereocenters. The maximum absolute atomic E-state index is 13.0. The smallest absolute Gasteiger partial charge is 0.258 e. The van der Waals surface area contributed by atoms with Crippen LogP contribution in [0.15, 0.2) is 53.4 Å². The Labute approximate surface area is 169 Å². The molecule has 1 fully saturated rings. The van der Waals surface area contributed by atoms with Crippen LogP contribution >= 0.6 is 0 Å². The third-order valence-electron chi connectivity index (χ3n) is 4.55. The van der Waals surface area contributed by atoms with E-state index in [-0.39, 0.29) is 29.3 Å². The lowest BCUT2D eigenvalue weighted by Gasteiger charge is -2.26. The summed E-state index contributed by atoms with van der Waals surface area (Å²) in [6.07, 6.45) is 0. The van der Waals surface area contributed by atoms with Gasteiger partial charge in [-0.25, -0.2) is 12.8 Å². The lowest BCUT2D eigenvalue weighted by atomic mass is 10.1. The molecule has 0 bridgehead atoms. The van der Waals surface area contributed by atoms with E-state index < -0.39 is 10.0 Å². The minimum atomic E-state index is -3.57. The molecule has 0 radical (unpaired) electrons. The number of halogens is 1. The Kier molecular flexibility index (Phi) is 6.83. The maximum Gasteiger partial charge on any atom is 0.258 e. The second-order valence-electron chi connectivity index (χ2n) is 6.62. The zero-order valence-electron chi connectivity index (χ0n) is 16.0. The molecule has 1 atom stereocenters. The van der Waals surface area contributed by atoms with Crippen LogP contribution in [-0.4, -0.2) is 51.5 Å². The zero-order chi connectivity index (χ0) is 20.9. The lowest BCUT2D eigenvalue weighted by Crippen LogP contribution is -2.40. The molecule has 0 aromatic heterocycles. The Hall–Kier alpha value is -2.49. The van der Waals surface area contributed by atoms with Crippen molar-refractivity contribution in [1.29, 1.82) is 0 Å². The van der Waals surface area contributed by atoms with Gasteiger partial charge in [-0.05, 0) is 48.9 Å². The number of nitrogens with one attached hydrogen (secondary N) is 1. The van der Waals surface area contributed by atoms with Crippen LogP contribution in [0.25, 0.3) is 0 Å². The Balaban J connectivity index is 1.53. The molecule has 1 amide bonds. The highest BCUT2D eigenvalue weighted by Crippen LogP contribution is 2.20. The van der Waals surface area contributed by atoms with Gasteiger partial charge in [0, 0.05) is 13.1 Å². The van der Waals surface area contributed by atoms with Gasteiger partial charge in [-0.15, -0.1) is 0 Å². The second kappa shape index (κ2) is 9.34. The predicted molar refractivity (Wildman–Crippen MR) is 104 cm³/mol. The molecule has 156 valence electrons. The minimum absolute atomic E-state index is 0.168. The van der Waals surface area contributed by atoms with Gasteiger partial charge in [0.2, 0.25) is 10.0 Å². The number of carbonyl (C=O) groups is 1. The number of hydrogen-bond donors (Lipinski definition) is 1. The van der Waals surface area contributed by atoms with Crippen LogP contribution in [-0.2, 0) is 19.6 Å². The first-order valence-electron chi connectivity index (χ1n) is 9.22. The third-order valence-corrected chi connectivity index (χ3v) is 6.46. The lowest BCUT2D eigenvalue weighted by molar-refractivity contribution is -0.123. The summed E-state index contributed by atoms with van der Waals surface area (Å²) < 4.78 is 50.1. The number of rotatable bonds is 7. The Morgan fingerprint density at radius 1 is 1.14 bits per heavy atom. The van der Waals surface area contributed by atoms with Crippen molar-refractivity contribution in [3.05, 3.63) is 59.9 Å². The fraction of sp³-hybridized carbons (Fsp3) is 0.350. The van der Waals surface area contributed by atoms with Crippen molar-refractivity contribution >= 4 is 15.9 Å². The summed E-state index contributed by atoms with van der Waals surface area (Å²) in [5, 5.41) is 2.76. The quantitative estimate of drug-likeness (QED) is 0.739. The maximum atomic E-state index is 13.0. The third kappa shape index (κ3) is 5.53. The first-order valence-corrected chi connectivity index (χ1v) is 10.7. The van der Waals surface area contributed by atoms with Crippen molar-refractivity contribution in [2.24, 2.45) is 0 Å². The van der Waals surface area contributed by atoms with Gasteiger partial charge < -0.3 is 14.8 Å². The number of hydrogen-bond acceptors (Lipinski definition) is 5. The summed E-state index contributed by atoms with van der Waals surface area (Å²) in [7, 11) is -3.57. The largest absolute Gasteiger partial charge is 0.484 e. The Morgan fingerprint density at radius 3 is 2.38 bits per heavy atom. The molecule has 1 heterocycles. The summed E-state index contributed by atoms with van der Waals surface area (Å²) in [5.74, 6) is -0.294. The molecule has 3 rings (SSSR count). The predicted octanol–water partition coefficient (Wildman–Crippen LogP) is 2.10. The molecule has 0 saturated carbocycles. The molecule has 1 saturated heterocycles. The second-order valence-corrected chi connectivity index (χ2v) is 8.56. The normalized spacial score (nSPS) is 16.2. The van der Waals surface area contributed by atoms with Crippen molar-refractivity contribution in [1.82, 2.24) is 9.62 Å². The summed E-state index contributed by atoms with van der Waals surface area (Å²) >= 11 is 0. The van der Waals surface area contributed by atoms with Gasteiger partial charge in [-0.3, -0.25) is 4.79 Å². The van der Waals surface area contributed by atoms with Crippen molar-refractivity contribution in [3.8, 4) is 5.75 Å². The van der Waals surface area contributed by atoms with Gasteiger partial charge in [-0.2, -0.15) is 4.31 Å². The van der Waals surface area contributed by atoms with Gasteiger partial charge in [0.25, 0.3) is 5.91 Å². The van der Waals surface area contributed by atoms with E-state index >= 15 is 0 Å². The van der Waals surface area contributed by atoms with Crippen LogP contribution in [0.4, 0.5) is 4.39 Å². The first-order chi connectivity index (χ1) is 13.9. The number of morpholine rings is 1. The van der Waals surface area contributed by atoms with Crippen LogP contribution < -0.4 is 10.1 Å². The van der Waals surface area contributed by atoms with Crippen LogP contribution in [0.5, 0.6) is 5.75 Å². The first kappa shape index (κ1) is 21.2. The van der Waals surface area contributed by atoms with Gasteiger partial charge in [-0.1, -0.05) is 12.1 Å². The number of sulfonamides is 1. The van der Waals surface area contributed by atoms with E-state index in [2.05, 4.69) is 5.32 Å². The average Bonchev–Trinajstić information content (AvgIpc) is 2.73. The van der Waals surface area contributed by atoms with Crippen molar-refractivity contribution in [2.45, 2.75) is 17.9 Å². The van der Waals surface area contributed by atoms with Crippen LogP contribution in [0.1, 0.15) is 18.5 Å². The highest BCUT2D eigenvalue weighted by Gasteiger charge is 2.26. The van der Waals surface area contributed by atoms with Crippen LogP contribution in [0.3, 0.4) is 0 Å². The number of amides is 1. The average molecular weight is 422 g/mol. The van der Waals surface area contributed by atoms with Crippen molar-refractivity contribution in [2.75, 3.05) is 32.9 Å². The molecule has 7 nitrogen and oxygen atoms in total. The molecule has 29 heavy (non-hydrogen) atoms. The highest BCUT2D eigenvalue weighted by molar-refractivity contribution is 7.89. The van der Waals surface area contributed by atoms with E-state index in [0.29, 0.717) is 32.1 Å². The molecular weight excluding hydrogens is 399 g/mol. The van der Waals surface area contributed by atoms with Crippen molar-refractivity contribution in [3.63, 3.8) is 0 Å². The molecule has 9 heteroatoms. The Bertz CT molecular complexity index is 926. The summed E-state index contributed by atoms with van der Waals surface area (Å²) in [4.78, 5) is 12.2. The minimum Gasteiger partial charge on any atom is -0.484 e. The monoisotopic (exact) mass is 422 g/mol. The SMILES string of the molecule is CC(NC(=O)COc1ccc(S(=O)(=O)N2CCOCC2)cc1)c1ccc(F)cc1. The molecule has 1 N–H and O–H groups in total. The molecule has 1 aliphatic rings. The van der Waals surface area contributed by atoms with E-state index in [1.165, 1.54) is 40.7 Å². The number of benzene rings is 2. The van der Waals surface area contributed by atoms with E-state index in [4.69, 9.17) is 9.47 Å². The van der Waals surface area contributed by atoms with E-state index in [0.717, 1.165) is 5.56 Å². The molecule has 2 aromatic rings. The van der Waals surface area contributed by atoms with Crippen LogP contribution in [0.2, 0.25) is 0 Å². The van der Waals surface area contributed by atoms with E-state index in [1.54, 1.807) is 19.1 Å². The molecule has 0 spiro atoms. The Morgan fingerprint density at radius 2 is 1.76 bits per heavy atom. The summed E-state index contributed by atoms with van der Waals surface area (Å²) in [6.45, 7) is 2.98. The molecule has 1 aliphatic heterocycles. The number of ether oxygens (including phenoxy) is 2. The standard InChI is InChI=1S/C20H23FN2O5S/c1-15(16-2-4-17(21)5-3-16)22-20(24)14-28-18-6-8-19(9-7-18)29(25,26)23-10-12-27-13-11-23/h2-9,15H,10-14H2,1H3,(H,22,24). The molecular formula is C20H23FN2O5S. The van der Waals surface area contributed by atoms with E-state index in [9.17, 15) is 17.6 Å². The summed E-state index contributed by atoms with van der Waals surface area (Å²) in [6, 6.07) is 11.5.